The van der Waals surface area contributed by atoms with Crippen molar-refractivity contribution >= 4 is 11.4 Å². The molecule has 0 aliphatic carbocycles. The van der Waals surface area contributed by atoms with Gasteiger partial charge in [0.1, 0.15) is 11.8 Å². The number of nitrogens with zero attached hydrogens (tertiary/aromatic N) is 2. The summed E-state index contributed by atoms with van der Waals surface area (Å²) in [6.45, 7) is 0.714. The standard InChI is InChI=1S/C16H17N3O/c1-19(15-5-3-4-14(18)9-15)11-12-6-7-13(10-17)16(8-12)20-2/h3-9H,11,18H2,1-2H3. The van der Waals surface area contributed by atoms with E-state index in [-0.39, 0.29) is 0 Å². The van der Waals surface area contributed by atoms with Gasteiger partial charge in [0, 0.05) is 25.0 Å². The van der Waals surface area contributed by atoms with Gasteiger partial charge in [-0.25, -0.2) is 0 Å². The van der Waals surface area contributed by atoms with Crippen LogP contribution in [-0.2, 0) is 6.54 Å². The summed E-state index contributed by atoms with van der Waals surface area (Å²) >= 11 is 0. The fourth-order valence-corrected chi connectivity index (χ4v) is 2.05. The lowest BCUT2D eigenvalue weighted by molar-refractivity contribution is 0.413. The molecule has 0 heterocycles. The molecular formula is C16H17N3O. The monoisotopic (exact) mass is 267 g/mol. The third kappa shape index (κ3) is 3.01. The molecule has 2 rings (SSSR count). The molecule has 102 valence electrons. The van der Waals surface area contributed by atoms with Crippen LogP contribution in [0.5, 0.6) is 5.75 Å². The normalized spacial score (nSPS) is 9.85. The molecule has 0 unspecified atom stereocenters. The third-order valence-corrected chi connectivity index (χ3v) is 3.12. The fourth-order valence-electron chi connectivity index (χ4n) is 2.05. The number of rotatable bonds is 4. The summed E-state index contributed by atoms with van der Waals surface area (Å²) in [6, 6.07) is 15.5. The second-order valence-electron chi connectivity index (χ2n) is 4.60. The lowest BCUT2D eigenvalue weighted by Gasteiger charge is -2.20. The molecule has 0 fully saturated rings. The summed E-state index contributed by atoms with van der Waals surface area (Å²) < 4.78 is 5.22. The van der Waals surface area contributed by atoms with Gasteiger partial charge in [0.25, 0.3) is 0 Å². The van der Waals surface area contributed by atoms with E-state index in [1.54, 1.807) is 13.2 Å². The fraction of sp³-hybridized carbons (Fsp3) is 0.188. The number of anilines is 2. The van der Waals surface area contributed by atoms with E-state index in [9.17, 15) is 0 Å². The van der Waals surface area contributed by atoms with E-state index in [4.69, 9.17) is 15.7 Å². The average molecular weight is 267 g/mol. The van der Waals surface area contributed by atoms with Crippen molar-refractivity contribution in [2.75, 3.05) is 24.8 Å². The highest BCUT2D eigenvalue weighted by Crippen LogP contribution is 2.22. The first kappa shape index (κ1) is 13.8. The van der Waals surface area contributed by atoms with Gasteiger partial charge in [0.15, 0.2) is 0 Å². The van der Waals surface area contributed by atoms with Gasteiger partial charge in [-0.05, 0) is 35.9 Å². The number of nitrogen functional groups attached to an aromatic ring is 1. The van der Waals surface area contributed by atoms with Crippen LogP contribution in [0.15, 0.2) is 42.5 Å². The SMILES string of the molecule is COc1cc(CN(C)c2cccc(N)c2)ccc1C#N. The van der Waals surface area contributed by atoms with Gasteiger partial charge < -0.3 is 15.4 Å². The van der Waals surface area contributed by atoms with E-state index in [0.29, 0.717) is 17.9 Å². The Labute approximate surface area is 119 Å². The lowest BCUT2D eigenvalue weighted by Crippen LogP contribution is -2.16. The molecular weight excluding hydrogens is 250 g/mol. The largest absolute Gasteiger partial charge is 0.495 e. The van der Waals surface area contributed by atoms with Crippen molar-refractivity contribution in [3.05, 3.63) is 53.6 Å². The van der Waals surface area contributed by atoms with Crippen molar-refractivity contribution in [3.63, 3.8) is 0 Å². The molecule has 0 aromatic heterocycles. The van der Waals surface area contributed by atoms with E-state index < -0.39 is 0 Å². The molecule has 0 saturated heterocycles. The van der Waals surface area contributed by atoms with Crippen LogP contribution in [0.1, 0.15) is 11.1 Å². The van der Waals surface area contributed by atoms with Gasteiger partial charge in [0.2, 0.25) is 0 Å². The van der Waals surface area contributed by atoms with Crippen molar-refractivity contribution in [1.82, 2.24) is 0 Å². The molecule has 4 nitrogen and oxygen atoms in total. The Balaban J connectivity index is 2.20. The van der Waals surface area contributed by atoms with Crippen LogP contribution in [0.25, 0.3) is 0 Å². The molecule has 0 spiro atoms. The van der Waals surface area contributed by atoms with Gasteiger partial charge in [0.05, 0.1) is 12.7 Å². The van der Waals surface area contributed by atoms with Gasteiger partial charge in [-0.15, -0.1) is 0 Å². The summed E-state index contributed by atoms with van der Waals surface area (Å²) in [4.78, 5) is 2.09. The predicted octanol–water partition coefficient (Wildman–Crippen LogP) is 2.79. The first-order valence-electron chi connectivity index (χ1n) is 6.27. The van der Waals surface area contributed by atoms with E-state index in [1.807, 2.05) is 43.4 Å². The summed E-state index contributed by atoms with van der Waals surface area (Å²) in [5.74, 6) is 0.603. The Morgan fingerprint density at radius 2 is 2.05 bits per heavy atom. The Kier molecular flexibility index (Phi) is 4.11. The van der Waals surface area contributed by atoms with Crippen molar-refractivity contribution in [3.8, 4) is 11.8 Å². The highest BCUT2D eigenvalue weighted by Gasteiger charge is 2.07. The zero-order valence-corrected chi connectivity index (χ0v) is 11.6. The number of benzene rings is 2. The maximum atomic E-state index is 8.98. The summed E-state index contributed by atoms with van der Waals surface area (Å²) in [5.41, 5.74) is 9.20. The second kappa shape index (κ2) is 5.98. The molecule has 2 aromatic carbocycles. The van der Waals surface area contributed by atoms with E-state index in [0.717, 1.165) is 16.9 Å². The lowest BCUT2D eigenvalue weighted by atomic mass is 10.1. The number of nitrogens with two attached hydrogens (primary N) is 1. The molecule has 2 aromatic rings. The van der Waals surface area contributed by atoms with Crippen molar-refractivity contribution in [1.29, 1.82) is 5.26 Å². The third-order valence-electron chi connectivity index (χ3n) is 3.12. The van der Waals surface area contributed by atoms with Crippen LogP contribution in [0.2, 0.25) is 0 Å². The second-order valence-corrected chi connectivity index (χ2v) is 4.60. The molecule has 4 heteroatoms. The molecule has 0 saturated carbocycles. The molecule has 0 aliphatic rings. The zero-order chi connectivity index (χ0) is 14.5. The first-order chi connectivity index (χ1) is 9.63. The minimum absolute atomic E-state index is 0.544. The van der Waals surface area contributed by atoms with E-state index >= 15 is 0 Å². The van der Waals surface area contributed by atoms with Gasteiger partial charge >= 0.3 is 0 Å². The van der Waals surface area contributed by atoms with Crippen molar-refractivity contribution < 1.29 is 4.74 Å². The van der Waals surface area contributed by atoms with E-state index in [2.05, 4.69) is 11.0 Å². The molecule has 2 N–H and O–H groups in total. The van der Waals surface area contributed by atoms with Gasteiger partial charge in [-0.2, -0.15) is 5.26 Å². The quantitative estimate of drug-likeness (QED) is 0.865. The van der Waals surface area contributed by atoms with Crippen LogP contribution >= 0.6 is 0 Å². The molecule has 20 heavy (non-hydrogen) atoms. The molecule has 0 radical (unpaired) electrons. The van der Waals surface area contributed by atoms with Gasteiger partial charge in [-0.1, -0.05) is 12.1 Å². The minimum atomic E-state index is 0.544. The highest BCUT2D eigenvalue weighted by atomic mass is 16.5. The van der Waals surface area contributed by atoms with Gasteiger partial charge in [-0.3, -0.25) is 0 Å². The van der Waals surface area contributed by atoms with Crippen LogP contribution in [0.4, 0.5) is 11.4 Å². The van der Waals surface area contributed by atoms with Crippen molar-refractivity contribution in [2.24, 2.45) is 0 Å². The summed E-state index contributed by atoms with van der Waals surface area (Å²) in [6.07, 6.45) is 0. The number of ether oxygens (including phenoxy) is 1. The maximum Gasteiger partial charge on any atom is 0.136 e. The zero-order valence-electron chi connectivity index (χ0n) is 11.6. The minimum Gasteiger partial charge on any atom is -0.495 e. The van der Waals surface area contributed by atoms with Crippen LogP contribution in [0.3, 0.4) is 0 Å². The summed E-state index contributed by atoms with van der Waals surface area (Å²) in [5, 5.41) is 8.98. The van der Waals surface area contributed by atoms with Crippen LogP contribution in [-0.4, -0.2) is 14.2 Å². The maximum absolute atomic E-state index is 8.98. The number of hydrogen-bond acceptors (Lipinski definition) is 4. The molecule has 0 aliphatic heterocycles. The first-order valence-corrected chi connectivity index (χ1v) is 6.27. The predicted molar refractivity (Wildman–Crippen MR) is 80.7 cm³/mol. The van der Waals surface area contributed by atoms with Crippen LogP contribution in [0, 0.1) is 11.3 Å². The van der Waals surface area contributed by atoms with Crippen molar-refractivity contribution in [2.45, 2.75) is 6.54 Å². The number of hydrogen-bond donors (Lipinski definition) is 1. The summed E-state index contributed by atoms with van der Waals surface area (Å²) in [7, 11) is 3.57. The molecule has 0 amide bonds. The average Bonchev–Trinajstić information content (AvgIpc) is 2.47. The number of methoxy groups -OCH3 is 1. The Morgan fingerprint density at radius 3 is 2.70 bits per heavy atom. The topological polar surface area (TPSA) is 62.3 Å². The smallest absolute Gasteiger partial charge is 0.136 e. The van der Waals surface area contributed by atoms with E-state index in [1.165, 1.54) is 0 Å². The molecule has 0 bridgehead atoms. The Morgan fingerprint density at radius 1 is 1.25 bits per heavy atom. The molecule has 0 atom stereocenters. The Bertz CT molecular complexity index is 646. The number of nitriles is 1. The Hall–Kier alpha value is -2.67. The highest BCUT2D eigenvalue weighted by molar-refractivity contribution is 5.56. The van der Waals surface area contributed by atoms with Crippen LogP contribution < -0.4 is 15.4 Å².